The van der Waals surface area contributed by atoms with E-state index in [1.807, 2.05) is 11.8 Å². The Balaban J connectivity index is 1.48. The van der Waals surface area contributed by atoms with Gasteiger partial charge in [0.1, 0.15) is 0 Å². The van der Waals surface area contributed by atoms with E-state index in [-0.39, 0.29) is 23.7 Å². The molecule has 4 rings (SSSR count). The molecule has 1 aliphatic carbocycles. The number of amides is 2. The zero-order valence-electron chi connectivity index (χ0n) is 16.5. The van der Waals surface area contributed by atoms with E-state index in [1.54, 1.807) is 0 Å². The van der Waals surface area contributed by atoms with Crippen LogP contribution in [-0.2, 0) is 22.4 Å². The number of rotatable bonds is 5. The highest BCUT2D eigenvalue weighted by atomic mass is 16.2. The molecular weight excluding hydrogens is 348 g/mol. The number of hydrogen-bond acceptors (Lipinski definition) is 2. The Morgan fingerprint density at radius 1 is 1.04 bits per heavy atom. The van der Waals surface area contributed by atoms with Crippen molar-refractivity contribution in [3.05, 3.63) is 70.8 Å². The summed E-state index contributed by atoms with van der Waals surface area (Å²) in [5.74, 6) is 0.588. The first kappa shape index (κ1) is 18.7. The molecule has 0 saturated carbocycles. The Bertz CT molecular complexity index is 829. The second-order valence-electron chi connectivity index (χ2n) is 7.96. The summed E-state index contributed by atoms with van der Waals surface area (Å²) in [6.45, 7) is 4.08. The van der Waals surface area contributed by atoms with Crippen molar-refractivity contribution < 1.29 is 9.59 Å². The lowest BCUT2D eigenvalue weighted by Gasteiger charge is -2.21. The van der Waals surface area contributed by atoms with Gasteiger partial charge in [-0.3, -0.25) is 9.59 Å². The van der Waals surface area contributed by atoms with Gasteiger partial charge < -0.3 is 10.2 Å². The van der Waals surface area contributed by atoms with Gasteiger partial charge in [0, 0.05) is 44.3 Å². The molecule has 2 amide bonds. The number of carbonyl (C=O) groups is 2. The number of hydrogen-bond donors (Lipinski definition) is 1. The van der Waals surface area contributed by atoms with Gasteiger partial charge in [0.05, 0.1) is 0 Å². The third kappa shape index (κ3) is 3.82. The first-order chi connectivity index (χ1) is 13.7. The van der Waals surface area contributed by atoms with E-state index in [2.05, 4.69) is 53.8 Å². The monoisotopic (exact) mass is 376 g/mol. The number of nitrogens with one attached hydrogen (secondary N) is 1. The maximum Gasteiger partial charge on any atom is 0.222 e. The van der Waals surface area contributed by atoms with Crippen LogP contribution < -0.4 is 5.32 Å². The molecule has 1 fully saturated rings. The van der Waals surface area contributed by atoms with Crippen LogP contribution in [0.2, 0.25) is 0 Å². The van der Waals surface area contributed by atoms with Crippen molar-refractivity contribution in [1.29, 1.82) is 0 Å². The van der Waals surface area contributed by atoms with Crippen LogP contribution in [0.25, 0.3) is 0 Å². The molecule has 1 unspecified atom stereocenters. The van der Waals surface area contributed by atoms with Crippen LogP contribution in [0.15, 0.2) is 48.5 Å². The second kappa shape index (κ2) is 8.17. The first-order valence-electron chi connectivity index (χ1n) is 10.4. The normalized spacial score (nSPS) is 19.1. The Labute approximate surface area is 166 Å². The zero-order valence-corrected chi connectivity index (χ0v) is 16.5. The van der Waals surface area contributed by atoms with E-state index in [0.29, 0.717) is 19.4 Å². The van der Waals surface area contributed by atoms with E-state index in [0.717, 1.165) is 25.9 Å². The molecule has 1 saturated heterocycles. The van der Waals surface area contributed by atoms with Crippen molar-refractivity contribution in [2.24, 2.45) is 5.92 Å². The van der Waals surface area contributed by atoms with Crippen LogP contribution in [0.4, 0.5) is 0 Å². The van der Waals surface area contributed by atoms with Gasteiger partial charge in [0.15, 0.2) is 0 Å². The third-order valence-corrected chi connectivity index (χ3v) is 6.18. The Morgan fingerprint density at radius 2 is 1.64 bits per heavy atom. The number of fused-ring (bicyclic) bond motifs is 2. The van der Waals surface area contributed by atoms with Gasteiger partial charge in [-0.1, -0.05) is 48.5 Å². The molecular formula is C24H28N2O2. The molecule has 0 radical (unpaired) electrons. The van der Waals surface area contributed by atoms with Crippen LogP contribution in [-0.4, -0.2) is 36.3 Å². The molecule has 0 bridgehead atoms. The van der Waals surface area contributed by atoms with Crippen LogP contribution in [0.3, 0.4) is 0 Å². The molecule has 4 nitrogen and oxygen atoms in total. The zero-order chi connectivity index (χ0) is 19.5. The standard InChI is InChI=1S/C24H28N2O2/c1-2-26-16-17(13-24(26)28)15-25-23(27)14-22-20-9-5-3-7-18(20)11-12-19-8-4-6-10-21(19)22/h3-10,17,22H,2,11-16H2,1H3,(H,25,27). The topological polar surface area (TPSA) is 49.4 Å². The van der Waals surface area contributed by atoms with Crippen LogP contribution in [0, 0.1) is 5.92 Å². The fourth-order valence-electron chi connectivity index (χ4n) is 4.67. The largest absolute Gasteiger partial charge is 0.356 e. The molecule has 4 heteroatoms. The van der Waals surface area contributed by atoms with Crippen molar-refractivity contribution in [2.45, 2.75) is 38.5 Å². The quantitative estimate of drug-likeness (QED) is 0.871. The second-order valence-corrected chi connectivity index (χ2v) is 7.96. The minimum atomic E-state index is 0.0684. The lowest BCUT2D eigenvalue weighted by atomic mass is 9.85. The molecule has 1 aliphatic heterocycles. The number of likely N-dealkylation sites (tertiary alicyclic amines) is 1. The lowest BCUT2D eigenvalue weighted by molar-refractivity contribution is -0.127. The molecule has 146 valence electrons. The predicted molar refractivity (Wildman–Crippen MR) is 110 cm³/mol. The van der Waals surface area contributed by atoms with E-state index in [4.69, 9.17) is 0 Å². The number of nitrogens with zero attached hydrogens (tertiary/aromatic N) is 1. The van der Waals surface area contributed by atoms with Gasteiger partial charge >= 0.3 is 0 Å². The van der Waals surface area contributed by atoms with E-state index in [1.165, 1.54) is 22.3 Å². The van der Waals surface area contributed by atoms with Gasteiger partial charge in [-0.25, -0.2) is 0 Å². The van der Waals surface area contributed by atoms with Crippen molar-refractivity contribution in [2.75, 3.05) is 19.6 Å². The molecule has 2 aliphatic rings. The van der Waals surface area contributed by atoms with Gasteiger partial charge in [-0.15, -0.1) is 0 Å². The fourth-order valence-corrected chi connectivity index (χ4v) is 4.67. The average Bonchev–Trinajstić information content (AvgIpc) is 3.01. The van der Waals surface area contributed by atoms with Crippen molar-refractivity contribution >= 4 is 11.8 Å². The van der Waals surface area contributed by atoms with Gasteiger partial charge in [-0.05, 0) is 42.0 Å². The average molecular weight is 377 g/mol. The van der Waals surface area contributed by atoms with Gasteiger partial charge in [0.2, 0.25) is 11.8 Å². The van der Waals surface area contributed by atoms with Crippen LogP contribution >= 0.6 is 0 Å². The predicted octanol–water partition coefficient (Wildman–Crippen LogP) is 3.29. The lowest BCUT2D eigenvalue weighted by Crippen LogP contribution is -2.32. The maximum atomic E-state index is 12.8. The van der Waals surface area contributed by atoms with E-state index < -0.39 is 0 Å². The molecule has 0 spiro atoms. The van der Waals surface area contributed by atoms with Crippen LogP contribution in [0.1, 0.15) is 47.9 Å². The molecule has 1 heterocycles. The molecule has 1 atom stereocenters. The molecule has 0 aromatic heterocycles. The molecule has 2 aromatic rings. The highest BCUT2D eigenvalue weighted by Gasteiger charge is 2.29. The number of carbonyl (C=O) groups excluding carboxylic acids is 2. The molecule has 1 N–H and O–H groups in total. The summed E-state index contributed by atoms with van der Waals surface area (Å²) >= 11 is 0. The smallest absolute Gasteiger partial charge is 0.222 e. The minimum absolute atomic E-state index is 0.0684. The SMILES string of the molecule is CCN1CC(CNC(=O)CC2c3ccccc3CCc3ccccc32)CC1=O. The number of aryl methyl sites for hydroxylation is 2. The summed E-state index contributed by atoms with van der Waals surface area (Å²) < 4.78 is 0. The van der Waals surface area contributed by atoms with Gasteiger partial charge in [0.25, 0.3) is 0 Å². The van der Waals surface area contributed by atoms with Crippen molar-refractivity contribution in [3.63, 3.8) is 0 Å². The summed E-state index contributed by atoms with van der Waals surface area (Å²) in [4.78, 5) is 26.6. The third-order valence-electron chi connectivity index (χ3n) is 6.18. The summed E-state index contributed by atoms with van der Waals surface area (Å²) in [6, 6.07) is 17.0. The Kier molecular flexibility index (Phi) is 5.47. The number of benzene rings is 2. The fraction of sp³-hybridized carbons (Fsp3) is 0.417. The Hall–Kier alpha value is -2.62. The summed E-state index contributed by atoms with van der Waals surface area (Å²) in [5, 5.41) is 3.10. The van der Waals surface area contributed by atoms with Crippen LogP contribution in [0.5, 0.6) is 0 Å². The molecule has 28 heavy (non-hydrogen) atoms. The Morgan fingerprint density at radius 3 is 2.21 bits per heavy atom. The maximum absolute atomic E-state index is 12.8. The van der Waals surface area contributed by atoms with E-state index >= 15 is 0 Å². The van der Waals surface area contributed by atoms with Crippen molar-refractivity contribution in [1.82, 2.24) is 10.2 Å². The van der Waals surface area contributed by atoms with E-state index in [9.17, 15) is 9.59 Å². The highest BCUT2D eigenvalue weighted by molar-refractivity contribution is 5.80. The minimum Gasteiger partial charge on any atom is -0.356 e. The summed E-state index contributed by atoms with van der Waals surface area (Å²) in [7, 11) is 0. The van der Waals surface area contributed by atoms with Gasteiger partial charge in [-0.2, -0.15) is 0 Å². The summed E-state index contributed by atoms with van der Waals surface area (Å²) in [6.07, 6.45) is 3.03. The summed E-state index contributed by atoms with van der Waals surface area (Å²) in [5.41, 5.74) is 5.24. The molecule has 2 aromatic carbocycles. The first-order valence-corrected chi connectivity index (χ1v) is 10.4. The highest BCUT2D eigenvalue weighted by Crippen LogP contribution is 2.36. The van der Waals surface area contributed by atoms with Crippen molar-refractivity contribution in [3.8, 4) is 0 Å².